The largest absolute Gasteiger partial charge is 0.348 e. The van der Waals surface area contributed by atoms with Crippen LogP contribution in [-0.2, 0) is 7.05 Å². The van der Waals surface area contributed by atoms with Crippen molar-refractivity contribution in [3.05, 3.63) is 47.7 Å². The fraction of sp³-hybridized carbons (Fsp3) is 0.333. The average Bonchev–Trinajstić information content (AvgIpc) is 2.58. The maximum Gasteiger partial charge on any atom is 0.0482 e. The Labute approximate surface area is 97.7 Å². The quantitative estimate of drug-likeness (QED) is 0.707. The molecule has 1 aromatic carbocycles. The molecule has 0 aliphatic rings. The molecule has 16 heavy (non-hydrogen) atoms. The molecule has 0 amide bonds. The highest BCUT2D eigenvalue weighted by molar-refractivity contribution is 5.62. The Balaban J connectivity index is 2.55. The third kappa shape index (κ3) is 1.78. The van der Waals surface area contributed by atoms with E-state index in [4.69, 9.17) is 0 Å². The zero-order valence-electron chi connectivity index (χ0n) is 10.5. The summed E-state index contributed by atoms with van der Waals surface area (Å²) in [5, 5.41) is 0. The number of aromatic nitrogens is 1. The maximum atomic E-state index is 2.31. The summed E-state index contributed by atoms with van der Waals surface area (Å²) in [6.45, 7) is 6.69. The van der Waals surface area contributed by atoms with Crippen molar-refractivity contribution in [2.75, 3.05) is 0 Å². The van der Waals surface area contributed by atoms with Crippen LogP contribution in [-0.4, -0.2) is 4.57 Å². The standard InChI is InChI=1S/C15H19N/c1-11(2)14-10-15(16(4)12(14)3)13-8-6-5-7-9-13/h5-11H,1-4H3. The molecular formula is C15H19N. The third-order valence-corrected chi connectivity index (χ3v) is 3.27. The molecule has 0 aliphatic carbocycles. The lowest BCUT2D eigenvalue weighted by Crippen LogP contribution is -1.95. The van der Waals surface area contributed by atoms with Crippen molar-refractivity contribution in [3.63, 3.8) is 0 Å². The third-order valence-electron chi connectivity index (χ3n) is 3.27. The lowest BCUT2D eigenvalue weighted by molar-refractivity contribution is 0.820. The van der Waals surface area contributed by atoms with Crippen LogP contribution in [0, 0.1) is 6.92 Å². The van der Waals surface area contributed by atoms with Crippen LogP contribution < -0.4 is 0 Å². The first-order chi connectivity index (χ1) is 7.61. The van der Waals surface area contributed by atoms with Crippen molar-refractivity contribution >= 4 is 0 Å². The van der Waals surface area contributed by atoms with Gasteiger partial charge < -0.3 is 4.57 Å². The van der Waals surface area contributed by atoms with E-state index in [0.717, 1.165) is 0 Å². The van der Waals surface area contributed by atoms with Crippen molar-refractivity contribution in [1.29, 1.82) is 0 Å². The summed E-state index contributed by atoms with van der Waals surface area (Å²) in [5.74, 6) is 0.587. The van der Waals surface area contributed by atoms with E-state index in [9.17, 15) is 0 Å². The summed E-state index contributed by atoms with van der Waals surface area (Å²) in [4.78, 5) is 0. The molecule has 1 heterocycles. The van der Waals surface area contributed by atoms with E-state index in [2.05, 4.69) is 68.8 Å². The molecule has 2 aromatic rings. The maximum absolute atomic E-state index is 2.31. The first-order valence-corrected chi connectivity index (χ1v) is 5.83. The highest BCUT2D eigenvalue weighted by Gasteiger charge is 2.12. The van der Waals surface area contributed by atoms with E-state index in [0.29, 0.717) is 5.92 Å². The molecule has 1 aromatic heterocycles. The fourth-order valence-electron chi connectivity index (χ4n) is 2.19. The second kappa shape index (κ2) is 4.17. The van der Waals surface area contributed by atoms with Gasteiger partial charge in [-0.3, -0.25) is 0 Å². The van der Waals surface area contributed by atoms with Gasteiger partial charge >= 0.3 is 0 Å². The monoisotopic (exact) mass is 213 g/mol. The average molecular weight is 213 g/mol. The Morgan fingerprint density at radius 2 is 1.69 bits per heavy atom. The van der Waals surface area contributed by atoms with Crippen molar-refractivity contribution in [2.24, 2.45) is 7.05 Å². The van der Waals surface area contributed by atoms with Crippen LogP contribution in [0.4, 0.5) is 0 Å². The van der Waals surface area contributed by atoms with Gasteiger partial charge in [0.1, 0.15) is 0 Å². The van der Waals surface area contributed by atoms with E-state index in [1.54, 1.807) is 0 Å². The second-order valence-electron chi connectivity index (χ2n) is 4.65. The summed E-state index contributed by atoms with van der Waals surface area (Å²) in [7, 11) is 2.14. The van der Waals surface area contributed by atoms with Gasteiger partial charge in [0.05, 0.1) is 0 Å². The molecular weight excluding hydrogens is 194 g/mol. The predicted octanol–water partition coefficient (Wildman–Crippen LogP) is 4.12. The van der Waals surface area contributed by atoms with E-state index in [1.165, 1.54) is 22.5 Å². The van der Waals surface area contributed by atoms with Gasteiger partial charge in [-0.1, -0.05) is 44.2 Å². The van der Waals surface area contributed by atoms with E-state index in [-0.39, 0.29) is 0 Å². The SMILES string of the molecule is Cc1c(C(C)C)cc(-c2ccccc2)n1C. The van der Waals surface area contributed by atoms with Crippen LogP contribution >= 0.6 is 0 Å². The summed E-state index contributed by atoms with van der Waals surface area (Å²) in [5.41, 5.74) is 5.41. The van der Waals surface area contributed by atoms with Crippen molar-refractivity contribution < 1.29 is 0 Å². The van der Waals surface area contributed by atoms with Gasteiger partial charge in [0, 0.05) is 18.4 Å². The predicted molar refractivity (Wildman–Crippen MR) is 69.7 cm³/mol. The molecule has 0 saturated heterocycles. The lowest BCUT2D eigenvalue weighted by atomic mass is 10.0. The molecule has 0 fully saturated rings. The number of rotatable bonds is 2. The molecule has 0 aliphatic heterocycles. The Morgan fingerprint density at radius 1 is 1.06 bits per heavy atom. The minimum Gasteiger partial charge on any atom is -0.348 e. The zero-order valence-corrected chi connectivity index (χ0v) is 10.5. The van der Waals surface area contributed by atoms with Gasteiger partial charge in [-0.15, -0.1) is 0 Å². The van der Waals surface area contributed by atoms with Crippen molar-refractivity contribution in [3.8, 4) is 11.3 Å². The van der Waals surface area contributed by atoms with Crippen LogP contribution in [0.3, 0.4) is 0 Å². The van der Waals surface area contributed by atoms with Gasteiger partial charge in [0.25, 0.3) is 0 Å². The second-order valence-corrected chi connectivity index (χ2v) is 4.65. The van der Waals surface area contributed by atoms with Crippen LogP contribution in [0.5, 0.6) is 0 Å². The Kier molecular flexibility index (Phi) is 2.86. The summed E-state index contributed by atoms with van der Waals surface area (Å²) < 4.78 is 2.28. The number of hydrogen-bond acceptors (Lipinski definition) is 0. The highest BCUT2D eigenvalue weighted by atomic mass is 15.0. The smallest absolute Gasteiger partial charge is 0.0482 e. The Bertz CT molecular complexity index is 478. The molecule has 0 unspecified atom stereocenters. The minimum absolute atomic E-state index is 0.587. The number of hydrogen-bond donors (Lipinski definition) is 0. The molecule has 0 bridgehead atoms. The van der Waals surface area contributed by atoms with Crippen molar-refractivity contribution in [2.45, 2.75) is 26.7 Å². The Hall–Kier alpha value is -1.50. The normalized spacial score (nSPS) is 11.1. The topological polar surface area (TPSA) is 4.93 Å². The minimum atomic E-state index is 0.587. The van der Waals surface area contributed by atoms with Crippen LogP contribution in [0.2, 0.25) is 0 Å². The first-order valence-electron chi connectivity index (χ1n) is 5.83. The van der Waals surface area contributed by atoms with Gasteiger partial charge in [0.2, 0.25) is 0 Å². The molecule has 1 nitrogen and oxygen atoms in total. The Morgan fingerprint density at radius 3 is 2.19 bits per heavy atom. The van der Waals surface area contributed by atoms with Gasteiger partial charge in [-0.05, 0) is 30.0 Å². The molecule has 2 rings (SSSR count). The highest BCUT2D eigenvalue weighted by Crippen LogP contribution is 2.28. The molecule has 0 atom stereocenters. The number of nitrogens with zero attached hydrogens (tertiary/aromatic N) is 1. The lowest BCUT2D eigenvalue weighted by Gasteiger charge is -2.06. The molecule has 0 saturated carbocycles. The van der Waals surface area contributed by atoms with Gasteiger partial charge in [-0.25, -0.2) is 0 Å². The van der Waals surface area contributed by atoms with Gasteiger partial charge in [0.15, 0.2) is 0 Å². The summed E-state index contributed by atoms with van der Waals surface area (Å²) in [6.07, 6.45) is 0. The van der Waals surface area contributed by atoms with E-state index in [1.807, 2.05) is 0 Å². The molecule has 0 spiro atoms. The molecule has 84 valence electrons. The fourth-order valence-corrected chi connectivity index (χ4v) is 2.19. The molecule has 0 radical (unpaired) electrons. The first kappa shape index (κ1) is 11.0. The molecule has 1 heteroatoms. The summed E-state index contributed by atoms with van der Waals surface area (Å²) in [6, 6.07) is 12.9. The van der Waals surface area contributed by atoms with E-state index >= 15 is 0 Å². The van der Waals surface area contributed by atoms with E-state index < -0.39 is 0 Å². The van der Waals surface area contributed by atoms with Crippen molar-refractivity contribution in [1.82, 2.24) is 4.57 Å². The number of benzene rings is 1. The van der Waals surface area contributed by atoms with Crippen LogP contribution in [0.1, 0.15) is 31.0 Å². The zero-order chi connectivity index (χ0) is 11.7. The van der Waals surface area contributed by atoms with Gasteiger partial charge in [-0.2, -0.15) is 0 Å². The summed E-state index contributed by atoms with van der Waals surface area (Å²) >= 11 is 0. The molecule has 0 N–H and O–H groups in total. The van der Waals surface area contributed by atoms with Crippen LogP contribution in [0.25, 0.3) is 11.3 Å². The van der Waals surface area contributed by atoms with Crippen LogP contribution in [0.15, 0.2) is 36.4 Å².